The van der Waals surface area contributed by atoms with E-state index in [1.54, 1.807) is 76.2 Å². The van der Waals surface area contributed by atoms with Crippen molar-refractivity contribution in [2.75, 3.05) is 6.61 Å². The molecular weight excluding hydrogens is 1630 g/mol. The first kappa shape index (κ1) is 112. The van der Waals surface area contributed by atoms with Crippen molar-refractivity contribution in [3.63, 3.8) is 0 Å². The van der Waals surface area contributed by atoms with Crippen LogP contribution >= 0.6 is 0 Å². The van der Waals surface area contributed by atoms with E-state index in [0.29, 0.717) is 12.8 Å². The summed E-state index contributed by atoms with van der Waals surface area (Å²) < 4.78 is 5.79. The van der Waals surface area contributed by atoms with Crippen LogP contribution in [0.5, 0.6) is 0 Å². The van der Waals surface area contributed by atoms with E-state index in [0.717, 1.165) is 25.7 Å². The molecule has 16 atom stereocenters. The monoisotopic (exact) mass is 1780 g/mol. The first-order valence-electron chi connectivity index (χ1n) is 43.7. The molecule has 0 aromatic carbocycles. The second-order valence-corrected chi connectivity index (χ2v) is 35.4. The highest BCUT2D eigenvalue weighted by Crippen LogP contribution is 2.20. The number of ether oxygens (including phenoxy) is 1. The summed E-state index contributed by atoms with van der Waals surface area (Å²) in [6.07, 6.45) is -2.30. The van der Waals surface area contributed by atoms with Crippen molar-refractivity contribution in [1.82, 2.24) is 74.4 Å². The number of aliphatic carboxylic acids is 1. The number of esters is 1. The van der Waals surface area contributed by atoms with Gasteiger partial charge in [0.1, 0.15) is 91.2 Å². The molecule has 41 nitrogen and oxygen atoms in total. The Morgan fingerprint density at radius 2 is 0.768 bits per heavy atom. The number of nitrogens with two attached hydrogens (primary N) is 4. The van der Waals surface area contributed by atoms with Crippen LogP contribution in [-0.2, 0) is 101 Å². The normalized spacial score (nSPS) is 20.6. The van der Waals surface area contributed by atoms with Crippen molar-refractivity contribution in [2.45, 2.75) is 356 Å². The second-order valence-electron chi connectivity index (χ2n) is 35.4. The van der Waals surface area contributed by atoms with E-state index >= 15 is 9.59 Å². The lowest BCUT2D eigenvalue weighted by Gasteiger charge is -2.30. The number of primary amides is 4. The highest BCUT2D eigenvalue weighted by atomic mass is 16.5. The van der Waals surface area contributed by atoms with E-state index in [-0.39, 0.29) is 68.6 Å². The molecule has 41 heteroatoms. The number of hydrogen-bond donors (Lipinski definition) is 20. The quantitative estimate of drug-likeness (QED) is 0.0255. The molecular formula is C84H146N18O23. The van der Waals surface area contributed by atoms with Gasteiger partial charge in [0.05, 0.1) is 12.5 Å². The standard InChI is InChI=1S/C84H146N18O23/c1-18-20-21-22-23-24-50(103)40-66(108)89-56(35-42(3)4)76(116)94-55(29-34-67(109)110)71(111)90-53(27-32-64(87)106)74(114)100-68(47(13)14)82(122)97-60(39-46(11)12)79(119)92-52(26-31-63(86)105)73(113)99-61-41-125-84(124)70(49(17)19-2)102-75(115)54(28-33-65(88)107)93-77(117)57(36-43(5)6)96-80(120)58(37-44(7)8)95-72(112)51(25-30-62(85)104)91-78(118)59(38-45(9)10)98-83(123)69(48(15)16)101-81(61)121/h42-61,68-70,103H,18-41H2,1-17H3,(H2,85,104)(H2,86,105)(H2,87,106)(H2,88,107)(H,89,108)(H,90,111)(H,91,118)(H,92,119)(H,93,117)(H,94,116)(H,95,112)(H,96,120)(H,97,122)(H,98,123)(H,99,113)(H,100,114)(H,101,121)(H,102,115)(H,109,110)/t49-,50-,51+,52-,53+,54+,55+,56-,57-,58-,59+,60+,61+,68+,69+,70-/m0/s1. The molecule has 0 unspecified atom stereocenters. The first-order valence-corrected chi connectivity index (χ1v) is 43.7. The highest BCUT2D eigenvalue weighted by Gasteiger charge is 2.42. The minimum absolute atomic E-state index is 0.0341. The van der Waals surface area contributed by atoms with Crippen molar-refractivity contribution in [3.05, 3.63) is 0 Å². The van der Waals surface area contributed by atoms with Gasteiger partial charge in [-0.05, 0) is 118 Å². The fraction of sp³-hybridized carbons (Fsp3) is 0.762. The first-order chi connectivity index (χ1) is 58.3. The summed E-state index contributed by atoms with van der Waals surface area (Å²) in [7, 11) is 0. The molecule has 125 heavy (non-hydrogen) atoms. The van der Waals surface area contributed by atoms with E-state index in [1.165, 1.54) is 34.6 Å². The van der Waals surface area contributed by atoms with Gasteiger partial charge in [-0.15, -0.1) is 0 Å². The molecule has 0 radical (unpaired) electrons. The van der Waals surface area contributed by atoms with Crippen LogP contribution in [0.2, 0.25) is 0 Å². The van der Waals surface area contributed by atoms with Crippen molar-refractivity contribution in [1.29, 1.82) is 0 Å². The SMILES string of the molecule is CCCCCCC[C@H](O)CC(=O)N[C@@H](CC(C)C)C(=O)N[C@H](CCC(=O)O)C(=O)N[C@H](CCC(N)=O)C(=O)N[C@@H](C(=O)N[C@H](CC(C)C)C(=O)N[C@@H](CCC(N)=O)C(=O)N[C@@H]1COC(=O)[C@H]([C@@H](C)CC)NC(=O)[C@@H](CCC(N)=O)NC(=O)[C@H](CC(C)C)NC(=O)[C@H](CC(C)C)NC(=O)[C@@H](CCC(N)=O)NC(=O)[C@@H](CC(C)C)NC(=O)[C@@H](C(C)C)NC1=O)C(C)C. The minimum Gasteiger partial charge on any atom is -0.481 e. The summed E-state index contributed by atoms with van der Waals surface area (Å²) in [5.74, 6) is -25.1. The topological polar surface area (TPSA) is 664 Å². The molecule has 1 heterocycles. The molecule has 1 fully saturated rings. The van der Waals surface area contributed by atoms with Gasteiger partial charge in [-0.25, -0.2) is 4.79 Å². The molecule has 0 aromatic rings. The van der Waals surface area contributed by atoms with Gasteiger partial charge in [0.15, 0.2) is 0 Å². The number of nitrogens with one attached hydrogen (secondary N) is 14. The lowest BCUT2D eigenvalue weighted by molar-refractivity contribution is -0.152. The smallest absolute Gasteiger partial charge is 0.329 e. The zero-order chi connectivity index (χ0) is 95.4. The number of hydrogen-bond acceptors (Lipinski definition) is 22. The summed E-state index contributed by atoms with van der Waals surface area (Å²) in [6, 6.07) is -22.9. The highest BCUT2D eigenvalue weighted by molar-refractivity contribution is 6.01. The third-order valence-corrected chi connectivity index (χ3v) is 20.6. The van der Waals surface area contributed by atoms with Gasteiger partial charge in [-0.2, -0.15) is 0 Å². The summed E-state index contributed by atoms with van der Waals surface area (Å²) in [6.45, 7) is 27.2. The van der Waals surface area contributed by atoms with E-state index in [9.17, 15) is 96.5 Å². The van der Waals surface area contributed by atoms with E-state index < -0.39 is 303 Å². The van der Waals surface area contributed by atoms with Crippen molar-refractivity contribution in [2.24, 2.45) is 70.3 Å². The predicted octanol–water partition coefficient (Wildman–Crippen LogP) is -1.04. The maximum Gasteiger partial charge on any atom is 0.329 e. The van der Waals surface area contributed by atoms with Crippen LogP contribution in [0.4, 0.5) is 0 Å². The van der Waals surface area contributed by atoms with Crippen LogP contribution in [0.15, 0.2) is 0 Å². The fourth-order valence-corrected chi connectivity index (χ4v) is 13.5. The van der Waals surface area contributed by atoms with E-state index in [4.69, 9.17) is 27.7 Å². The molecule has 1 rings (SSSR count). The number of unbranched alkanes of at least 4 members (excludes halogenated alkanes) is 4. The summed E-state index contributed by atoms with van der Waals surface area (Å²) in [5.41, 5.74) is 22.2. The molecule has 0 spiro atoms. The largest absolute Gasteiger partial charge is 0.481 e. The van der Waals surface area contributed by atoms with Gasteiger partial charge in [-0.1, -0.05) is 156 Å². The number of amides is 18. The zero-order valence-corrected chi connectivity index (χ0v) is 76.0. The lowest BCUT2D eigenvalue weighted by atomic mass is 9.97. The molecule has 0 aliphatic carbocycles. The molecule has 1 aliphatic rings. The van der Waals surface area contributed by atoms with Crippen molar-refractivity contribution in [3.8, 4) is 0 Å². The van der Waals surface area contributed by atoms with Gasteiger partial charge < -0.3 is 112 Å². The minimum atomic E-state index is -2.11. The number of rotatable bonds is 50. The van der Waals surface area contributed by atoms with Gasteiger partial charge in [0.2, 0.25) is 106 Å². The van der Waals surface area contributed by atoms with Crippen molar-refractivity contribution >= 4 is 118 Å². The van der Waals surface area contributed by atoms with E-state index in [2.05, 4.69) is 81.4 Å². The number of aliphatic hydroxyl groups excluding tert-OH is 1. The fourth-order valence-electron chi connectivity index (χ4n) is 13.5. The van der Waals surface area contributed by atoms with Crippen LogP contribution in [0.1, 0.15) is 265 Å². The van der Waals surface area contributed by atoms with Crippen LogP contribution in [0.3, 0.4) is 0 Å². The van der Waals surface area contributed by atoms with Gasteiger partial charge in [0.25, 0.3) is 0 Å². The van der Waals surface area contributed by atoms with Crippen LogP contribution in [0.25, 0.3) is 0 Å². The molecule has 0 bridgehead atoms. The Labute approximate surface area is 733 Å². The maximum absolute atomic E-state index is 15.1. The Morgan fingerprint density at radius 3 is 1.17 bits per heavy atom. The van der Waals surface area contributed by atoms with Crippen molar-refractivity contribution < 1.29 is 111 Å². The second kappa shape index (κ2) is 57.8. The Morgan fingerprint density at radius 1 is 0.400 bits per heavy atom. The summed E-state index contributed by atoms with van der Waals surface area (Å²) in [4.78, 5) is 280. The summed E-state index contributed by atoms with van der Waals surface area (Å²) >= 11 is 0. The number of carbonyl (C=O) groups is 20. The number of carboxylic acid groups (broad SMARTS) is 1. The molecule has 1 saturated heterocycles. The van der Waals surface area contributed by atoms with E-state index in [1.807, 2.05) is 0 Å². The van der Waals surface area contributed by atoms with Crippen LogP contribution in [-0.4, -0.2) is 226 Å². The molecule has 710 valence electrons. The zero-order valence-electron chi connectivity index (χ0n) is 76.0. The van der Waals surface area contributed by atoms with Gasteiger partial charge >= 0.3 is 11.9 Å². The van der Waals surface area contributed by atoms with Gasteiger partial charge in [0, 0.05) is 32.1 Å². The predicted molar refractivity (Wildman–Crippen MR) is 459 cm³/mol. The van der Waals surface area contributed by atoms with Gasteiger partial charge in [-0.3, -0.25) is 91.1 Å². The Bertz CT molecular complexity index is 3630. The number of carboxylic acids is 1. The molecule has 18 amide bonds. The number of carbonyl (C=O) groups excluding carboxylic acids is 19. The Balaban J connectivity index is 4.23. The Kier molecular flexibility index (Phi) is 52.0. The Hall–Kier alpha value is -10.6. The van der Waals surface area contributed by atoms with Crippen LogP contribution in [0, 0.1) is 47.3 Å². The van der Waals surface area contributed by atoms with Crippen LogP contribution < -0.4 is 97.4 Å². The number of cyclic esters (lactones) is 1. The average Bonchev–Trinajstić information content (AvgIpc) is 1.25. The lowest BCUT2D eigenvalue weighted by Crippen LogP contribution is -2.62. The molecule has 0 saturated carbocycles. The molecule has 24 N–H and O–H groups in total. The third-order valence-electron chi connectivity index (χ3n) is 20.6. The maximum atomic E-state index is 15.1. The molecule has 0 aromatic heterocycles. The third kappa shape index (κ3) is 45.2. The molecule has 1 aliphatic heterocycles. The number of aliphatic hydroxyl groups is 1. The summed E-state index contributed by atoms with van der Waals surface area (Å²) in [5, 5.41) is 56.0. The average molecular weight is 1780 g/mol.